The van der Waals surface area contributed by atoms with Crippen molar-refractivity contribution in [3.05, 3.63) is 29.8 Å². The molecule has 0 aliphatic carbocycles. The maximum absolute atomic E-state index is 13.1. The summed E-state index contributed by atoms with van der Waals surface area (Å²) < 4.78 is 32.0. The highest BCUT2D eigenvalue weighted by Crippen LogP contribution is 2.20. The Labute approximate surface area is 114 Å². The van der Waals surface area contributed by atoms with Gasteiger partial charge in [0.2, 0.25) is 0 Å². The predicted molar refractivity (Wildman–Crippen MR) is 73.4 cm³/mol. The summed E-state index contributed by atoms with van der Waals surface area (Å²) >= 11 is 0. The second-order valence-electron chi connectivity index (χ2n) is 4.62. The maximum atomic E-state index is 13.1. The molecule has 0 spiro atoms. The van der Waals surface area contributed by atoms with Gasteiger partial charge in [0.1, 0.15) is 23.5 Å². The maximum Gasteiger partial charge on any atom is 0.129 e. The summed E-state index contributed by atoms with van der Waals surface area (Å²) in [5, 5.41) is 3.37. The number of nitrogens with one attached hydrogen (secondary N) is 1. The van der Waals surface area contributed by atoms with Gasteiger partial charge >= 0.3 is 0 Å². The molecule has 0 saturated heterocycles. The third-order valence-electron chi connectivity index (χ3n) is 3.04. The second-order valence-corrected chi connectivity index (χ2v) is 4.62. The first-order valence-electron chi connectivity index (χ1n) is 6.96. The van der Waals surface area contributed by atoms with Crippen LogP contribution in [0.4, 0.5) is 8.78 Å². The minimum absolute atomic E-state index is 0.0823. The molecule has 108 valence electrons. The van der Waals surface area contributed by atoms with Gasteiger partial charge in [-0.25, -0.2) is 8.78 Å². The van der Waals surface area contributed by atoms with Crippen molar-refractivity contribution in [2.24, 2.45) is 0 Å². The first kappa shape index (κ1) is 15.9. The third kappa shape index (κ3) is 5.15. The molecule has 0 radical (unpaired) electrons. The fraction of sp³-hybridized carbons (Fsp3) is 0.600. The van der Waals surface area contributed by atoms with Crippen LogP contribution in [0.1, 0.15) is 40.0 Å². The SMILES string of the molecule is CCCC(NCC)C(CC)Oc1cc(F)cc(F)c1. The second kappa shape index (κ2) is 8.10. The Hall–Kier alpha value is -1.16. The van der Waals surface area contributed by atoms with Crippen LogP contribution in [0.5, 0.6) is 5.75 Å². The lowest BCUT2D eigenvalue weighted by molar-refractivity contribution is 0.142. The summed E-state index contributed by atoms with van der Waals surface area (Å²) in [5.41, 5.74) is 0. The molecule has 0 amide bonds. The zero-order valence-corrected chi connectivity index (χ0v) is 11.9. The number of ether oxygens (including phenoxy) is 1. The average molecular weight is 271 g/mol. The quantitative estimate of drug-likeness (QED) is 0.774. The molecule has 0 heterocycles. The monoisotopic (exact) mass is 271 g/mol. The highest BCUT2D eigenvalue weighted by atomic mass is 19.1. The Balaban J connectivity index is 2.78. The minimum Gasteiger partial charge on any atom is -0.489 e. The molecule has 2 atom stereocenters. The van der Waals surface area contributed by atoms with E-state index in [0.717, 1.165) is 31.9 Å². The molecule has 0 aliphatic rings. The lowest BCUT2D eigenvalue weighted by Crippen LogP contribution is -2.42. The third-order valence-corrected chi connectivity index (χ3v) is 3.04. The largest absolute Gasteiger partial charge is 0.489 e. The molecule has 1 aromatic carbocycles. The van der Waals surface area contributed by atoms with Crippen LogP contribution in [0.15, 0.2) is 18.2 Å². The molecule has 0 fully saturated rings. The van der Waals surface area contributed by atoms with Gasteiger partial charge in [-0.1, -0.05) is 27.2 Å². The van der Waals surface area contributed by atoms with Crippen molar-refractivity contribution in [1.82, 2.24) is 5.32 Å². The Morgan fingerprint density at radius 1 is 1.11 bits per heavy atom. The topological polar surface area (TPSA) is 21.3 Å². The van der Waals surface area contributed by atoms with Crippen LogP contribution in [-0.2, 0) is 0 Å². The van der Waals surface area contributed by atoms with Crippen molar-refractivity contribution in [2.75, 3.05) is 6.54 Å². The highest BCUT2D eigenvalue weighted by molar-refractivity contribution is 5.24. The van der Waals surface area contributed by atoms with Gasteiger partial charge in [0.25, 0.3) is 0 Å². The van der Waals surface area contributed by atoms with E-state index in [2.05, 4.69) is 12.2 Å². The number of benzene rings is 1. The molecule has 4 heteroatoms. The van der Waals surface area contributed by atoms with E-state index in [4.69, 9.17) is 4.74 Å². The van der Waals surface area contributed by atoms with E-state index in [1.807, 2.05) is 13.8 Å². The van der Waals surface area contributed by atoms with Crippen molar-refractivity contribution < 1.29 is 13.5 Å². The van der Waals surface area contributed by atoms with Gasteiger partial charge in [0, 0.05) is 24.2 Å². The van der Waals surface area contributed by atoms with Crippen LogP contribution in [0.3, 0.4) is 0 Å². The number of hydrogen-bond donors (Lipinski definition) is 1. The Morgan fingerprint density at radius 3 is 2.21 bits per heavy atom. The van der Waals surface area contributed by atoms with E-state index >= 15 is 0 Å². The lowest BCUT2D eigenvalue weighted by atomic mass is 10.0. The number of likely N-dealkylation sites (N-methyl/N-ethyl adjacent to an activating group) is 1. The molecule has 19 heavy (non-hydrogen) atoms. The summed E-state index contributed by atoms with van der Waals surface area (Å²) in [4.78, 5) is 0. The van der Waals surface area contributed by atoms with Crippen LogP contribution in [0.25, 0.3) is 0 Å². The highest BCUT2D eigenvalue weighted by Gasteiger charge is 2.20. The summed E-state index contributed by atoms with van der Waals surface area (Å²) in [6, 6.07) is 3.49. The Kier molecular flexibility index (Phi) is 6.78. The molecule has 1 rings (SSSR count). The molecule has 2 unspecified atom stereocenters. The molecule has 0 aliphatic heterocycles. The van der Waals surface area contributed by atoms with E-state index < -0.39 is 11.6 Å². The van der Waals surface area contributed by atoms with Gasteiger partial charge < -0.3 is 10.1 Å². The van der Waals surface area contributed by atoms with Gasteiger partial charge in [-0.2, -0.15) is 0 Å². The number of hydrogen-bond acceptors (Lipinski definition) is 2. The van der Waals surface area contributed by atoms with Crippen LogP contribution < -0.4 is 10.1 Å². The standard InChI is InChI=1S/C15H23F2NO/c1-4-7-14(18-6-3)15(5-2)19-13-9-11(16)8-12(17)10-13/h8-10,14-15,18H,4-7H2,1-3H3. The first-order chi connectivity index (χ1) is 9.10. The smallest absolute Gasteiger partial charge is 0.129 e. The molecule has 0 bridgehead atoms. The van der Waals surface area contributed by atoms with E-state index in [0.29, 0.717) is 0 Å². The van der Waals surface area contributed by atoms with Crippen LogP contribution in [0.2, 0.25) is 0 Å². The summed E-state index contributed by atoms with van der Waals surface area (Å²) in [5.74, 6) is -0.968. The fourth-order valence-corrected chi connectivity index (χ4v) is 2.21. The van der Waals surface area contributed by atoms with E-state index in [1.165, 1.54) is 12.1 Å². The first-order valence-corrected chi connectivity index (χ1v) is 6.96. The molecular formula is C15H23F2NO. The fourth-order valence-electron chi connectivity index (χ4n) is 2.21. The van der Waals surface area contributed by atoms with Gasteiger partial charge in [-0.15, -0.1) is 0 Å². The van der Waals surface area contributed by atoms with E-state index in [9.17, 15) is 8.78 Å². The Bertz CT molecular complexity index is 358. The van der Waals surface area contributed by atoms with Crippen LogP contribution >= 0.6 is 0 Å². The predicted octanol–water partition coefficient (Wildman–Crippen LogP) is 3.90. The van der Waals surface area contributed by atoms with Crippen molar-refractivity contribution in [3.63, 3.8) is 0 Å². The van der Waals surface area contributed by atoms with Gasteiger partial charge in [-0.05, 0) is 19.4 Å². The van der Waals surface area contributed by atoms with Gasteiger partial charge in [-0.3, -0.25) is 0 Å². The molecule has 1 N–H and O–H groups in total. The van der Waals surface area contributed by atoms with E-state index in [-0.39, 0.29) is 17.9 Å². The number of rotatable bonds is 8. The summed E-state index contributed by atoms with van der Waals surface area (Å²) in [7, 11) is 0. The molecule has 1 aromatic rings. The molecule has 0 aromatic heterocycles. The van der Waals surface area contributed by atoms with E-state index in [1.54, 1.807) is 0 Å². The lowest BCUT2D eigenvalue weighted by Gasteiger charge is -2.27. The van der Waals surface area contributed by atoms with Crippen molar-refractivity contribution >= 4 is 0 Å². The molecule has 0 saturated carbocycles. The van der Waals surface area contributed by atoms with Gasteiger partial charge in [0.15, 0.2) is 0 Å². The molecule has 2 nitrogen and oxygen atoms in total. The number of halogens is 2. The molecular weight excluding hydrogens is 248 g/mol. The minimum atomic E-state index is -0.611. The summed E-state index contributed by atoms with van der Waals surface area (Å²) in [6.45, 7) is 7.01. The van der Waals surface area contributed by atoms with Crippen LogP contribution in [-0.4, -0.2) is 18.7 Å². The Morgan fingerprint density at radius 2 is 1.74 bits per heavy atom. The zero-order chi connectivity index (χ0) is 14.3. The zero-order valence-electron chi connectivity index (χ0n) is 11.9. The van der Waals surface area contributed by atoms with Crippen molar-refractivity contribution in [3.8, 4) is 5.75 Å². The van der Waals surface area contributed by atoms with Crippen molar-refractivity contribution in [2.45, 2.75) is 52.2 Å². The average Bonchev–Trinajstić information content (AvgIpc) is 2.34. The summed E-state index contributed by atoms with van der Waals surface area (Å²) in [6.07, 6.45) is 2.72. The normalized spacial score (nSPS) is 14.2. The van der Waals surface area contributed by atoms with Gasteiger partial charge in [0.05, 0.1) is 0 Å². The van der Waals surface area contributed by atoms with Crippen LogP contribution in [0, 0.1) is 11.6 Å². The van der Waals surface area contributed by atoms with Crippen molar-refractivity contribution in [1.29, 1.82) is 0 Å².